The summed E-state index contributed by atoms with van der Waals surface area (Å²) in [7, 11) is 1.60. The van der Waals surface area contributed by atoms with Crippen molar-refractivity contribution in [1.29, 1.82) is 0 Å². The molecule has 1 aromatic carbocycles. The fraction of sp³-hybridized carbons (Fsp3) is 0.125. The highest BCUT2D eigenvalue weighted by Gasteiger charge is 2.31. The normalized spacial score (nSPS) is 12.8. The van der Waals surface area contributed by atoms with Crippen molar-refractivity contribution in [2.24, 2.45) is 0 Å². The van der Waals surface area contributed by atoms with Crippen molar-refractivity contribution in [3.05, 3.63) is 51.8 Å². The first-order valence-corrected chi connectivity index (χ1v) is 7.07. The van der Waals surface area contributed by atoms with E-state index in [1.165, 1.54) is 11.8 Å². The van der Waals surface area contributed by atoms with Gasteiger partial charge in [-0.2, -0.15) is 0 Å². The third kappa shape index (κ3) is 2.24. The zero-order chi connectivity index (χ0) is 17.6. The van der Waals surface area contributed by atoms with E-state index < -0.39 is 17.4 Å². The molecule has 1 aromatic heterocycles. The fourth-order valence-electron chi connectivity index (χ4n) is 2.57. The van der Waals surface area contributed by atoms with Crippen molar-refractivity contribution in [2.45, 2.75) is 6.92 Å². The summed E-state index contributed by atoms with van der Waals surface area (Å²) >= 11 is 0. The van der Waals surface area contributed by atoms with Crippen LogP contribution in [0.1, 0.15) is 27.6 Å². The first-order chi connectivity index (χ1) is 11.3. The van der Waals surface area contributed by atoms with Crippen LogP contribution in [0.3, 0.4) is 0 Å². The minimum Gasteiger partial charge on any atom is -0.384 e. The van der Waals surface area contributed by atoms with Crippen LogP contribution in [0.5, 0.6) is 0 Å². The lowest BCUT2D eigenvalue weighted by molar-refractivity contribution is -0.116. The van der Waals surface area contributed by atoms with Crippen LogP contribution in [0.2, 0.25) is 0 Å². The van der Waals surface area contributed by atoms with E-state index in [0.717, 1.165) is 10.6 Å². The van der Waals surface area contributed by atoms with Crippen LogP contribution in [-0.4, -0.2) is 29.3 Å². The Hall–Kier alpha value is -3.42. The molecule has 122 valence electrons. The molecule has 8 nitrogen and oxygen atoms in total. The molecule has 0 saturated carbocycles. The number of carbonyl (C=O) groups is 3. The van der Waals surface area contributed by atoms with Gasteiger partial charge in [0.2, 0.25) is 5.91 Å². The summed E-state index contributed by atoms with van der Waals surface area (Å²) in [6, 6.07) is 7.66. The molecule has 0 radical (unpaired) electrons. The SMILES string of the molecule is CC(=O)N(C)c1cccc(-n2c(N)c3c(cc2=O)C(=O)NC3=O)c1. The van der Waals surface area contributed by atoms with Gasteiger partial charge in [-0.3, -0.25) is 29.1 Å². The van der Waals surface area contributed by atoms with Gasteiger partial charge in [0.25, 0.3) is 17.4 Å². The van der Waals surface area contributed by atoms with E-state index in [-0.39, 0.29) is 22.9 Å². The highest BCUT2D eigenvalue weighted by molar-refractivity contribution is 6.23. The third-order valence-electron chi connectivity index (χ3n) is 3.90. The molecule has 2 heterocycles. The Morgan fingerprint density at radius 3 is 2.54 bits per heavy atom. The smallest absolute Gasteiger partial charge is 0.262 e. The molecule has 0 unspecified atom stereocenters. The Labute approximate surface area is 136 Å². The molecule has 3 rings (SSSR count). The molecule has 1 aliphatic rings. The molecular weight excluding hydrogens is 312 g/mol. The fourth-order valence-corrected chi connectivity index (χ4v) is 2.57. The van der Waals surface area contributed by atoms with Crippen LogP contribution in [-0.2, 0) is 4.79 Å². The number of nitrogens with two attached hydrogens (primary N) is 1. The Kier molecular flexibility index (Phi) is 3.44. The van der Waals surface area contributed by atoms with Crippen LogP contribution in [0.4, 0.5) is 11.5 Å². The second-order valence-electron chi connectivity index (χ2n) is 5.37. The van der Waals surface area contributed by atoms with Crippen LogP contribution in [0.25, 0.3) is 5.69 Å². The third-order valence-corrected chi connectivity index (χ3v) is 3.90. The van der Waals surface area contributed by atoms with Crippen LogP contribution < -0.4 is 21.5 Å². The molecule has 0 spiro atoms. The lowest BCUT2D eigenvalue weighted by atomic mass is 10.1. The quantitative estimate of drug-likeness (QED) is 0.770. The van der Waals surface area contributed by atoms with Gasteiger partial charge in [-0.15, -0.1) is 0 Å². The van der Waals surface area contributed by atoms with Gasteiger partial charge >= 0.3 is 0 Å². The molecule has 0 aliphatic carbocycles. The zero-order valence-electron chi connectivity index (χ0n) is 13.0. The van der Waals surface area contributed by atoms with Gasteiger partial charge in [0.1, 0.15) is 5.82 Å². The number of aromatic nitrogens is 1. The van der Waals surface area contributed by atoms with E-state index in [4.69, 9.17) is 5.73 Å². The van der Waals surface area contributed by atoms with Crippen molar-refractivity contribution in [3.63, 3.8) is 0 Å². The van der Waals surface area contributed by atoms with Crippen molar-refractivity contribution in [3.8, 4) is 5.69 Å². The van der Waals surface area contributed by atoms with Crippen molar-refractivity contribution in [2.75, 3.05) is 17.7 Å². The summed E-state index contributed by atoms with van der Waals surface area (Å²) in [6.45, 7) is 1.42. The van der Waals surface area contributed by atoms with Gasteiger partial charge in [0.15, 0.2) is 0 Å². The lowest BCUT2D eigenvalue weighted by Gasteiger charge is -2.17. The first kappa shape index (κ1) is 15.5. The van der Waals surface area contributed by atoms with Gasteiger partial charge in [0, 0.05) is 25.7 Å². The van der Waals surface area contributed by atoms with Gasteiger partial charge in [-0.05, 0) is 18.2 Å². The maximum absolute atomic E-state index is 12.4. The van der Waals surface area contributed by atoms with E-state index in [1.54, 1.807) is 31.3 Å². The molecular formula is C16H14N4O4. The number of anilines is 2. The number of nitrogens with one attached hydrogen (secondary N) is 1. The molecule has 3 N–H and O–H groups in total. The van der Waals surface area contributed by atoms with Crippen LogP contribution in [0.15, 0.2) is 35.1 Å². The number of benzene rings is 1. The molecule has 0 fully saturated rings. The highest BCUT2D eigenvalue weighted by atomic mass is 16.2. The predicted molar refractivity (Wildman–Crippen MR) is 87.3 cm³/mol. The van der Waals surface area contributed by atoms with Crippen molar-refractivity contribution < 1.29 is 14.4 Å². The van der Waals surface area contributed by atoms with Gasteiger partial charge in [-0.1, -0.05) is 6.07 Å². The summed E-state index contributed by atoms with van der Waals surface area (Å²) in [5.41, 5.74) is 6.33. The van der Waals surface area contributed by atoms with E-state index in [0.29, 0.717) is 11.4 Å². The number of carbonyl (C=O) groups excluding carboxylic acids is 3. The summed E-state index contributed by atoms with van der Waals surface area (Å²) in [5.74, 6) is -1.58. The number of amides is 3. The predicted octanol–water partition coefficient (Wildman–Crippen LogP) is 0.286. The summed E-state index contributed by atoms with van der Waals surface area (Å²) < 4.78 is 1.13. The Morgan fingerprint density at radius 2 is 1.88 bits per heavy atom. The average Bonchev–Trinajstić information content (AvgIpc) is 2.81. The number of nitrogens with zero attached hydrogens (tertiary/aromatic N) is 2. The Bertz CT molecular complexity index is 961. The molecule has 2 aromatic rings. The maximum Gasteiger partial charge on any atom is 0.262 e. The zero-order valence-corrected chi connectivity index (χ0v) is 13.0. The van der Waals surface area contributed by atoms with E-state index in [2.05, 4.69) is 5.32 Å². The number of fused-ring (bicyclic) bond motifs is 1. The molecule has 24 heavy (non-hydrogen) atoms. The maximum atomic E-state index is 12.4. The molecule has 0 saturated heterocycles. The topological polar surface area (TPSA) is 114 Å². The lowest BCUT2D eigenvalue weighted by Crippen LogP contribution is -2.25. The number of imide groups is 1. The van der Waals surface area contributed by atoms with E-state index in [9.17, 15) is 19.2 Å². The number of nitrogen functional groups attached to an aromatic ring is 1. The molecule has 8 heteroatoms. The minimum atomic E-state index is -0.643. The second-order valence-corrected chi connectivity index (χ2v) is 5.37. The van der Waals surface area contributed by atoms with E-state index in [1.807, 2.05) is 0 Å². The number of pyridine rings is 1. The molecule has 0 atom stereocenters. The van der Waals surface area contributed by atoms with Gasteiger partial charge < -0.3 is 10.6 Å². The number of hydrogen-bond acceptors (Lipinski definition) is 5. The highest BCUT2D eigenvalue weighted by Crippen LogP contribution is 2.24. The largest absolute Gasteiger partial charge is 0.384 e. The standard InChI is InChI=1S/C16H14N4O4/c1-8(21)19(2)9-4-3-5-10(6-9)20-12(22)7-11-13(14(20)17)16(24)18-15(11)23/h3-7H,17H2,1-2H3,(H,18,23,24). The van der Waals surface area contributed by atoms with Crippen LogP contribution >= 0.6 is 0 Å². The molecule has 0 bridgehead atoms. The summed E-state index contributed by atoms with van der Waals surface area (Å²) in [4.78, 5) is 48.8. The number of hydrogen-bond donors (Lipinski definition) is 2. The van der Waals surface area contributed by atoms with Crippen molar-refractivity contribution in [1.82, 2.24) is 9.88 Å². The summed E-state index contributed by atoms with van der Waals surface area (Å²) in [6.07, 6.45) is 0. The van der Waals surface area contributed by atoms with E-state index >= 15 is 0 Å². The molecule has 3 amide bonds. The Morgan fingerprint density at radius 1 is 1.17 bits per heavy atom. The second kappa shape index (κ2) is 5.34. The monoisotopic (exact) mass is 326 g/mol. The van der Waals surface area contributed by atoms with Crippen molar-refractivity contribution >= 4 is 29.2 Å². The summed E-state index contributed by atoms with van der Waals surface area (Å²) in [5, 5.41) is 2.11. The molecule has 1 aliphatic heterocycles. The van der Waals surface area contributed by atoms with Gasteiger partial charge in [-0.25, -0.2) is 0 Å². The average molecular weight is 326 g/mol. The first-order valence-electron chi connectivity index (χ1n) is 7.07. The Balaban J connectivity index is 2.22. The number of rotatable bonds is 2. The minimum absolute atomic E-state index is 0.0232. The van der Waals surface area contributed by atoms with Crippen LogP contribution in [0, 0.1) is 0 Å². The van der Waals surface area contributed by atoms with Gasteiger partial charge in [0.05, 0.1) is 16.8 Å².